The maximum absolute atomic E-state index is 5.96. The molecule has 1 aliphatic rings. The maximum atomic E-state index is 5.96. The molecule has 1 fully saturated rings. The Bertz CT molecular complexity index is 776. The van der Waals surface area contributed by atoms with Gasteiger partial charge in [0.2, 0.25) is 5.88 Å². The molecule has 2 aromatic heterocycles. The zero-order valence-corrected chi connectivity index (χ0v) is 19.9. The summed E-state index contributed by atoms with van der Waals surface area (Å²) in [7, 11) is 2.03. The largest absolute Gasteiger partial charge is 0.475 e. The lowest BCUT2D eigenvalue weighted by Crippen LogP contribution is -2.37. The summed E-state index contributed by atoms with van der Waals surface area (Å²) in [4.78, 5) is 6.88. The van der Waals surface area contributed by atoms with Crippen molar-refractivity contribution in [3.05, 3.63) is 42.4 Å². The first-order valence-electron chi connectivity index (χ1n) is 11.5. The summed E-state index contributed by atoms with van der Waals surface area (Å²) in [5.74, 6) is 0.532. The van der Waals surface area contributed by atoms with Gasteiger partial charge in [0.25, 0.3) is 0 Å². The van der Waals surface area contributed by atoms with E-state index in [0.717, 1.165) is 48.4 Å². The molecule has 0 aromatic carbocycles. The Labute approximate surface area is 191 Å². The smallest absolute Gasteiger partial charge is 0.213 e. The lowest BCUT2D eigenvalue weighted by molar-refractivity contribution is 0.0173. The van der Waals surface area contributed by atoms with Crippen LogP contribution in [0.4, 0.5) is 5.69 Å². The molecule has 1 unspecified atom stereocenters. The summed E-state index contributed by atoms with van der Waals surface area (Å²) in [6.07, 6.45) is 6.84. The van der Waals surface area contributed by atoms with Crippen LogP contribution in [0, 0.1) is 0 Å². The van der Waals surface area contributed by atoms with Crippen molar-refractivity contribution in [3.63, 3.8) is 0 Å². The molecule has 0 bridgehead atoms. The summed E-state index contributed by atoms with van der Waals surface area (Å²) in [5.41, 5.74) is 3.37. The van der Waals surface area contributed by atoms with Gasteiger partial charge in [-0.2, -0.15) is 5.10 Å². The fourth-order valence-electron chi connectivity index (χ4n) is 3.33. The number of nitrogens with zero attached hydrogens (tertiary/aromatic N) is 3. The predicted octanol–water partition coefficient (Wildman–Crippen LogP) is 4.29. The van der Waals surface area contributed by atoms with E-state index in [0.29, 0.717) is 38.9 Å². The van der Waals surface area contributed by atoms with Gasteiger partial charge in [-0.25, -0.2) is 4.98 Å². The van der Waals surface area contributed by atoms with Gasteiger partial charge in [-0.05, 0) is 32.3 Å². The van der Waals surface area contributed by atoms with Crippen LogP contribution in [0.5, 0.6) is 5.88 Å². The number of rotatable bonds is 12. The van der Waals surface area contributed by atoms with E-state index in [2.05, 4.69) is 21.7 Å². The van der Waals surface area contributed by atoms with E-state index in [1.165, 1.54) is 0 Å². The number of hydrogen-bond acceptors (Lipinski definition) is 7. The van der Waals surface area contributed by atoms with Crippen molar-refractivity contribution in [2.45, 2.75) is 46.3 Å². The van der Waals surface area contributed by atoms with Crippen LogP contribution >= 0.6 is 0 Å². The minimum absolute atomic E-state index is 0.0296. The fraction of sp³-hybridized carbons (Fsp3) is 0.583. The third-order valence-corrected chi connectivity index (χ3v) is 5.00. The predicted molar refractivity (Wildman–Crippen MR) is 127 cm³/mol. The van der Waals surface area contributed by atoms with Crippen molar-refractivity contribution >= 4 is 11.3 Å². The Kier molecular flexibility index (Phi) is 11.8. The molecule has 3 heterocycles. The number of hydrogen-bond donors (Lipinski definition) is 1. The lowest BCUT2D eigenvalue weighted by atomic mass is 10.0. The average Bonchev–Trinajstić information content (AvgIpc) is 3.39. The highest BCUT2D eigenvalue weighted by Gasteiger charge is 2.23. The minimum Gasteiger partial charge on any atom is -0.475 e. The molecule has 8 nitrogen and oxygen atoms in total. The second kappa shape index (κ2) is 14.6. The molecule has 8 heteroatoms. The first kappa shape index (κ1) is 25.8. The topological polar surface area (TPSA) is 81.7 Å². The molecule has 178 valence electrons. The van der Waals surface area contributed by atoms with Gasteiger partial charge in [-0.1, -0.05) is 20.4 Å². The summed E-state index contributed by atoms with van der Waals surface area (Å²) in [6, 6.07) is 3.89. The molecule has 1 saturated heterocycles. The van der Waals surface area contributed by atoms with E-state index in [4.69, 9.17) is 23.9 Å². The molecule has 3 rings (SSSR count). The molecule has 0 amide bonds. The van der Waals surface area contributed by atoms with Gasteiger partial charge in [0.15, 0.2) is 0 Å². The van der Waals surface area contributed by atoms with E-state index < -0.39 is 0 Å². The number of anilines is 1. The number of H-pyrrole nitrogens is 1. The highest BCUT2D eigenvalue weighted by atomic mass is 16.5. The highest BCUT2D eigenvalue weighted by Crippen LogP contribution is 2.32. The second-order valence-electron chi connectivity index (χ2n) is 7.07. The van der Waals surface area contributed by atoms with E-state index in [-0.39, 0.29) is 6.23 Å². The molecule has 2 aromatic rings. The third-order valence-electron chi connectivity index (χ3n) is 5.00. The normalized spacial score (nSPS) is 15.6. The first-order valence-corrected chi connectivity index (χ1v) is 11.5. The number of ether oxygens (including phenoxy) is 4. The summed E-state index contributed by atoms with van der Waals surface area (Å²) in [6.45, 7) is 13.7. The highest BCUT2D eigenvalue weighted by molar-refractivity contribution is 5.82. The van der Waals surface area contributed by atoms with Crippen LogP contribution in [0.1, 0.15) is 51.3 Å². The molecular weight excluding hydrogens is 408 g/mol. The number of nitrogens with one attached hydrogen (secondary N) is 1. The van der Waals surface area contributed by atoms with Crippen LogP contribution in [-0.4, -0.2) is 68.1 Å². The van der Waals surface area contributed by atoms with Crippen molar-refractivity contribution in [2.24, 2.45) is 0 Å². The Morgan fingerprint density at radius 1 is 1.19 bits per heavy atom. The van der Waals surface area contributed by atoms with Crippen LogP contribution in [0.2, 0.25) is 0 Å². The quantitative estimate of drug-likeness (QED) is 0.487. The fourth-order valence-corrected chi connectivity index (χ4v) is 3.33. The monoisotopic (exact) mass is 446 g/mol. The second-order valence-corrected chi connectivity index (χ2v) is 7.07. The molecule has 1 N–H and O–H groups in total. The van der Waals surface area contributed by atoms with Crippen molar-refractivity contribution in [2.75, 3.05) is 51.6 Å². The molecule has 32 heavy (non-hydrogen) atoms. The molecule has 0 spiro atoms. The van der Waals surface area contributed by atoms with Gasteiger partial charge in [-0.15, -0.1) is 0 Å². The Balaban J connectivity index is 0.00000176. The van der Waals surface area contributed by atoms with Crippen LogP contribution < -0.4 is 9.64 Å². The maximum Gasteiger partial charge on any atom is 0.213 e. The zero-order valence-electron chi connectivity index (χ0n) is 19.9. The first-order chi connectivity index (χ1) is 15.7. The molecule has 1 atom stereocenters. The van der Waals surface area contributed by atoms with Gasteiger partial charge in [-0.3, -0.25) is 5.10 Å². The summed E-state index contributed by atoms with van der Waals surface area (Å²) >= 11 is 0. The van der Waals surface area contributed by atoms with E-state index in [1.54, 1.807) is 6.20 Å². The standard InChI is InChI=1S/C22H32N4O4.C2H6/c1-4-27-11-12-28-13-14-29-20-9-8-19(26(3)21-7-5-6-10-30-21)22(25-20)17(2)18-15-23-24-16-18;1-2/h8-9,15-16,21H,2,4-7,10-14H2,1,3H3,(H,23,24);1-2H3. The van der Waals surface area contributed by atoms with Crippen LogP contribution in [0.25, 0.3) is 5.57 Å². The van der Waals surface area contributed by atoms with Crippen molar-refractivity contribution in [1.82, 2.24) is 15.2 Å². The van der Waals surface area contributed by atoms with Crippen LogP contribution in [-0.2, 0) is 14.2 Å². The van der Waals surface area contributed by atoms with E-state index in [9.17, 15) is 0 Å². The molecule has 0 radical (unpaired) electrons. The molecule has 0 saturated carbocycles. The summed E-state index contributed by atoms with van der Waals surface area (Å²) in [5, 5.41) is 6.87. The van der Waals surface area contributed by atoms with Gasteiger partial charge in [0.05, 0.1) is 37.4 Å². The molecule has 1 aliphatic heterocycles. The number of aromatic nitrogens is 3. The van der Waals surface area contributed by atoms with Crippen molar-refractivity contribution in [3.8, 4) is 5.88 Å². The average molecular weight is 447 g/mol. The summed E-state index contributed by atoms with van der Waals surface area (Å²) < 4.78 is 22.5. The van der Waals surface area contributed by atoms with Crippen LogP contribution in [0.15, 0.2) is 31.1 Å². The van der Waals surface area contributed by atoms with E-state index >= 15 is 0 Å². The molecular formula is C24H38N4O4. The van der Waals surface area contributed by atoms with Gasteiger partial charge >= 0.3 is 0 Å². The zero-order chi connectivity index (χ0) is 23.2. The van der Waals surface area contributed by atoms with Crippen molar-refractivity contribution < 1.29 is 18.9 Å². The third kappa shape index (κ3) is 7.62. The Morgan fingerprint density at radius 2 is 1.97 bits per heavy atom. The SMILES string of the molecule is C=C(c1cn[nH]c1)c1nc(OCCOCCOCC)ccc1N(C)C1CCCCO1.CC. The lowest BCUT2D eigenvalue weighted by Gasteiger charge is -2.34. The van der Waals surface area contributed by atoms with Gasteiger partial charge < -0.3 is 23.8 Å². The molecule has 0 aliphatic carbocycles. The number of pyridine rings is 1. The minimum atomic E-state index is 0.0296. The van der Waals surface area contributed by atoms with Crippen molar-refractivity contribution in [1.29, 1.82) is 0 Å². The van der Waals surface area contributed by atoms with Crippen LogP contribution in [0.3, 0.4) is 0 Å². The van der Waals surface area contributed by atoms with Gasteiger partial charge in [0, 0.05) is 43.7 Å². The van der Waals surface area contributed by atoms with E-state index in [1.807, 2.05) is 46.1 Å². The van der Waals surface area contributed by atoms with Gasteiger partial charge in [0.1, 0.15) is 12.8 Å². The Morgan fingerprint density at radius 3 is 2.66 bits per heavy atom. The number of aromatic amines is 1. The Hall–Kier alpha value is -2.42.